The monoisotopic (exact) mass is 242 g/mol. The Morgan fingerprint density at radius 3 is 2.94 bits per heavy atom. The number of hydrogen-bond donors (Lipinski definition) is 1. The smallest absolute Gasteiger partial charge is 0.246 e. The average Bonchev–Trinajstić information content (AvgIpc) is 2.64. The van der Waals surface area contributed by atoms with E-state index in [2.05, 4.69) is 5.32 Å². The van der Waals surface area contributed by atoms with Gasteiger partial charge in [-0.15, -0.1) is 0 Å². The molecule has 0 aliphatic carbocycles. The topological polar surface area (TPSA) is 58.6 Å². The van der Waals surface area contributed by atoms with Crippen molar-refractivity contribution < 1.29 is 14.3 Å². The molecule has 17 heavy (non-hydrogen) atoms. The second kappa shape index (κ2) is 7.27. The van der Waals surface area contributed by atoms with Gasteiger partial charge in [-0.1, -0.05) is 6.92 Å². The van der Waals surface area contributed by atoms with Crippen LogP contribution in [0.4, 0.5) is 0 Å². The predicted molar refractivity (Wildman–Crippen MR) is 64.5 cm³/mol. The Bertz CT molecular complexity index is 268. The second-order valence-corrected chi connectivity index (χ2v) is 4.46. The molecule has 0 bridgehead atoms. The van der Waals surface area contributed by atoms with E-state index in [9.17, 15) is 9.59 Å². The molecule has 1 fully saturated rings. The Balaban J connectivity index is 2.17. The summed E-state index contributed by atoms with van der Waals surface area (Å²) in [5.41, 5.74) is 0. The molecule has 1 saturated heterocycles. The van der Waals surface area contributed by atoms with Gasteiger partial charge in [0.1, 0.15) is 6.61 Å². The van der Waals surface area contributed by atoms with E-state index in [1.807, 2.05) is 13.8 Å². The molecule has 0 saturated carbocycles. The fraction of sp³-hybridized carbons (Fsp3) is 0.833. The zero-order valence-corrected chi connectivity index (χ0v) is 10.7. The highest BCUT2D eigenvalue weighted by atomic mass is 16.5. The van der Waals surface area contributed by atoms with Gasteiger partial charge in [-0.2, -0.15) is 0 Å². The molecule has 1 rings (SSSR count). The van der Waals surface area contributed by atoms with E-state index >= 15 is 0 Å². The molecule has 5 nitrogen and oxygen atoms in total. The fourth-order valence-electron chi connectivity index (χ4n) is 1.90. The van der Waals surface area contributed by atoms with Crippen LogP contribution in [0.5, 0.6) is 0 Å². The minimum absolute atomic E-state index is 0.0187. The van der Waals surface area contributed by atoms with Crippen LogP contribution >= 0.6 is 0 Å². The molecule has 1 aliphatic rings. The van der Waals surface area contributed by atoms with Crippen LogP contribution in [-0.4, -0.2) is 49.1 Å². The molecule has 5 heteroatoms. The summed E-state index contributed by atoms with van der Waals surface area (Å²) in [5.74, 6) is 0.0749. The average molecular weight is 242 g/mol. The first-order chi connectivity index (χ1) is 8.13. The van der Waals surface area contributed by atoms with Crippen LogP contribution in [0.3, 0.4) is 0 Å². The third kappa shape index (κ3) is 5.17. The van der Waals surface area contributed by atoms with E-state index in [0.29, 0.717) is 19.6 Å². The summed E-state index contributed by atoms with van der Waals surface area (Å²) in [7, 11) is 0. The summed E-state index contributed by atoms with van der Waals surface area (Å²) in [5, 5.41) is 2.83. The van der Waals surface area contributed by atoms with E-state index in [0.717, 1.165) is 19.4 Å². The zero-order valence-electron chi connectivity index (χ0n) is 10.7. The van der Waals surface area contributed by atoms with Gasteiger partial charge in [0.15, 0.2) is 0 Å². The van der Waals surface area contributed by atoms with Gasteiger partial charge in [-0.25, -0.2) is 0 Å². The lowest BCUT2D eigenvalue weighted by Gasteiger charge is -2.21. The minimum atomic E-state index is -0.113. The molecule has 1 heterocycles. The molecule has 1 N–H and O–H groups in total. The molecule has 0 radical (unpaired) electrons. The van der Waals surface area contributed by atoms with Gasteiger partial charge in [0.05, 0.1) is 0 Å². The van der Waals surface area contributed by atoms with Crippen LogP contribution < -0.4 is 5.32 Å². The number of carbonyl (C=O) groups excluding carboxylic acids is 2. The lowest BCUT2D eigenvalue weighted by atomic mass is 10.3. The Kier molecular flexibility index (Phi) is 5.97. The van der Waals surface area contributed by atoms with Crippen LogP contribution in [-0.2, 0) is 14.3 Å². The lowest BCUT2D eigenvalue weighted by Crippen LogP contribution is -2.43. The maximum Gasteiger partial charge on any atom is 0.246 e. The van der Waals surface area contributed by atoms with Crippen molar-refractivity contribution in [2.45, 2.75) is 39.2 Å². The van der Waals surface area contributed by atoms with Gasteiger partial charge in [0.2, 0.25) is 11.8 Å². The van der Waals surface area contributed by atoms with Crippen LogP contribution in [0.2, 0.25) is 0 Å². The third-order valence-electron chi connectivity index (χ3n) is 2.65. The highest BCUT2D eigenvalue weighted by molar-refractivity contribution is 5.79. The van der Waals surface area contributed by atoms with Crippen LogP contribution in [0, 0.1) is 0 Å². The summed E-state index contributed by atoms with van der Waals surface area (Å²) in [6.45, 7) is 6.02. The lowest BCUT2D eigenvalue weighted by molar-refractivity contribution is -0.130. The largest absolute Gasteiger partial charge is 0.372 e. The number of likely N-dealkylation sites (tertiary alicyclic amines) is 1. The summed E-state index contributed by atoms with van der Waals surface area (Å²) < 4.78 is 5.14. The van der Waals surface area contributed by atoms with Crippen molar-refractivity contribution in [2.24, 2.45) is 0 Å². The Labute approximate surface area is 102 Å². The Morgan fingerprint density at radius 2 is 2.35 bits per heavy atom. The van der Waals surface area contributed by atoms with Gasteiger partial charge in [-0.05, 0) is 19.8 Å². The number of amides is 2. The van der Waals surface area contributed by atoms with Crippen LogP contribution in [0.1, 0.15) is 33.1 Å². The molecule has 1 atom stereocenters. The van der Waals surface area contributed by atoms with E-state index in [1.54, 1.807) is 4.90 Å². The second-order valence-electron chi connectivity index (χ2n) is 4.46. The maximum atomic E-state index is 11.4. The van der Waals surface area contributed by atoms with Crippen molar-refractivity contribution in [1.82, 2.24) is 10.2 Å². The van der Waals surface area contributed by atoms with Crippen LogP contribution in [0.15, 0.2) is 0 Å². The van der Waals surface area contributed by atoms with E-state index in [-0.39, 0.29) is 24.5 Å². The van der Waals surface area contributed by atoms with E-state index in [1.165, 1.54) is 0 Å². The SMILES string of the molecule is CCCOCC(=O)NC(C)CN1CCCC1=O. The quantitative estimate of drug-likeness (QED) is 0.663. The standard InChI is InChI=1S/C12H22N2O3/c1-3-7-17-9-11(15)13-10(2)8-14-6-4-5-12(14)16/h10H,3-9H2,1-2H3,(H,13,15). The van der Waals surface area contributed by atoms with Gasteiger partial charge < -0.3 is 15.0 Å². The summed E-state index contributed by atoms with van der Waals surface area (Å²) in [6, 6.07) is -0.0187. The Morgan fingerprint density at radius 1 is 1.59 bits per heavy atom. The van der Waals surface area contributed by atoms with E-state index < -0.39 is 0 Å². The molecule has 0 aromatic heterocycles. The molecule has 0 spiro atoms. The van der Waals surface area contributed by atoms with Crippen LogP contribution in [0.25, 0.3) is 0 Å². The van der Waals surface area contributed by atoms with Crippen molar-refractivity contribution in [3.05, 3.63) is 0 Å². The molecule has 1 aliphatic heterocycles. The van der Waals surface area contributed by atoms with Gasteiger partial charge in [-0.3, -0.25) is 9.59 Å². The van der Waals surface area contributed by atoms with E-state index in [4.69, 9.17) is 4.74 Å². The number of ether oxygens (including phenoxy) is 1. The number of hydrogen-bond acceptors (Lipinski definition) is 3. The van der Waals surface area contributed by atoms with Crippen molar-refractivity contribution in [2.75, 3.05) is 26.3 Å². The van der Waals surface area contributed by atoms with Gasteiger partial charge in [0.25, 0.3) is 0 Å². The Hall–Kier alpha value is -1.10. The summed E-state index contributed by atoms with van der Waals surface area (Å²) in [6.07, 6.45) is 2.48. The normalized spacial score (nSPS) is 17.3. The van der Waals surface area contributed by atoms with Gasteiger partial charge in [0, 0.05) is 32.2 Å². The number of nitrogens with one attached hydrogen (secondary N) is 1. The minimum Gasteiger partial charge on any atom is -0.372 e. The van der Waals surface area contributed by atoms with Crippen molar-refractivity contribution in [3.63, 3.8) is 0 Å². The zero-order chi connectivity index (χ0) is 12.7. The molecule has 0 aromatic rings. The molecule has 0 aromatic carbocycles. The molecule has 1 unspecified atom stereocenters. The van der Waals surface area contributed by atoms with Gasteiger partial charge >= 0.3 is 0 Å². The predicted octanol–water partition coefficient (Wildman–Crippen LogP) is 0.540. The molecular weight excluding hydrogens is 220 g/mol. The fourth-order valence-corrected chi connectivity index (χ4v) is 1.90. The summed E-state index contributed by atoms with van der Waals surface area (Å²) in [4.78, 5) is 24.6. The molecule has 98 valence electrons. The highest BCUT2D eigenvalue weighted by Gasteiger charge is 2.22. The number of nitrogens with zero attached hydrogens (tertiary/aromatic N) is 1. The first kappa shape index (κ1) is 14.0. The first-order valence-corrected chi connectivity index (χ1v) is 6.28. The first-order valence-electron chi connectivity index (χ1n) is 6.28. The molecular formula is C12H22N2O3. The number of carbonyl (C=O) groups is 2. The van der Waals surface area contributed by atoms with Crippen molar-refractivity contribution in [3.8, 4) is 0 Å². The highest BCUT2D eigenvalue weighted by Crippen LogP contribution is 2.09. The van der Waals surface area contributed by atoms with Crippen molar-refractivity contribution in [1.29, 1.82) is 0 Å². The van der Waals surface area contributed by atoms with Crippen molar-refractivity contribution >= 4 is 11.8 Å². The summed E-state index contributed by atoms with van der Waals surface area (Å²) >= 11 is 0. The maximum absolute atomic E-state index is 11.4. The molecule has 2 amide bonds. The third-order valence-corrected chi connectivity index (χ3v) is 2.65. The number of rotatable bonds is 7.